The molecule has 0 radical (unpaired) electrons. The van der Waals surface area contributed by atoms with Gasteiger partial charge in [0.05, 0.1) is 11.0 Å². The van der Waals surface area contributed by atoms with Gasteiger partial charge in [0.1, 0.15) is 0 Å². The van der Waals surface area contributed by atoms with Gasteiger partial charge in [0.25, 0.3) is 0 Å². The highest BCUT2D eigenvalue weighted by atomic mass is 15.0. The molecule has 1 heterocycles. The maximum atomic E-state index is 4.26. The summed E-state index contributed by atoms with van der Waals surface area (Å²) in [5.41, 5.74) is 3.64. The van der Waals surface area contributed by atoms with Crippen LogP contribution in [-0.2, 0) is 0 Å². The van der Waals surface area contributed by atoms with Gasteiger partial charge in [0.15, 0.2) is 0 Å². The highest BCUT2D eigenvalue weighted by molar-refractivity contribution is 6.09. The summed E-state index contributed by atoms with van der Waals surface area (Å²) < 4.78 is 2.29. The lowest BCUT2D eigenvalue weighted by Crippen LogP contribution is -2.01. The summed E-state index contributed by atoms with van der Waals surface area (Å²) in [7, 11) is 0. The topological polar surface area (TPSA) is 4.93 Å². The van der Waals surface area contributed by atoms with Crippen molar-refractivity contribution in [2.75, 3.05) is 0 Å². The van der Waals surface area contributed by atoms with Crippen LogP contribution >= 0.6 is 0 Å². The number of para-hydroxylation sites is 2. The van der Waals surface area contributed by atoms with Gasteiger partial charge in [0.2, 0.25) is 0 Å². The fraction of sp³-hybridized carbons (Fsp3) is 0.176. The first-order valence-corrected chi connectivity index (χ1v) is 6.37. The lowest BCUT2D eigenvalue weighted by molar-refractivity contribution is 0.811. The minimum atomic E-state index is 0.434. The lowest BCUT2D eigenvalue weighted by Gasteiger charge is -2.14. The zero-order chi connectivity index (χ0) is 12.7. The number of hydrogen-bond donors (Lipinski definition) is 0. The molecule has 1 nitrogen and oxygen atoms in total. The van der Waals surface area contributed by atoms with E-state index < -0.39 is 0 Å². The lowest BCUT2D eigenvalue weighted by atomic mass is 10.1. The van der Waals surface area contributed by atoms with E-state index in [0.29, 0.717) is 5.92 Å². The molecule has 0 spiro atoms. The Morgan fingerprint density at radius 2 is 1.33 bits per heavy atom. The van der Waals surface area contributed by atoms with Crippen LogP contribution in [-0.4, -0.2) is 4.57 Å². The third kappa shape index (κ3) is 1.47. The van der Waals surface area contributed by atoms with Gasteiger partial charge >= 0.3 is 0 Å². The van der Waals surface area contributed by atoms with Crippen molar-refractivity contribution < 1.29 is 0 Å². The number of fused-ring (bicyclic) bond motifs is 3. The van der Waals surface area contributed by atoms with Gasteiger partial charge in [-0.1, -0.05) is 56.8 Å². The summed E-state index contributed by atoms with van der Waals surface area (Å²) in [4.78, 5) is 0. The molecule has 2 aromatic carbocycles. The Morgan fingerprint density at radius 3 is 1.78 bits per heavy atom. The van der Waals surface area contributed by atoms with E-state index in [4.69, 9.17) is 0 Å². The second-order valence-electron chi connectivity index (χ2n) is 5.02. The summed E-state index contributed by atoms with van der Waals surface area (Å²) in [5.74, 6) is 0.434. The summed E-state index contributed by atoms with van der Waals surface area (Å²) in [6.07, 6.45) is 0. The molecule has 18 heavy (non-hydrogen) atoms. The molecule has 3 rings (SSSR count). The third-order valence-electron chi connectivity index (χ3n) is 3.53. The molecule has 0 aliphatic rings. The molecule has 0 bridgehead atoms. The number of benzene rings is 2. The zero-order valence-electron chi connectivity index (χ0n) is 10.9. The fourth-order valence-corrected chi connectivity index (χ4v) is 2.49. The Morgan fingerprint density at radius 1 is 0.889 bits per heavy atom. The van der Waals surface area contributed by atoms with Crippen molar-refractivity contribution in [1.29, 1.82) is 0 Å². The van der Waals surface area contributed by atoms with E-state index in [9.17, 15) is 0 Å². The van der Waals surface area contributed by atoms with Gasteiger partial charge < -0.3 is 4.57 Å². The smallest absolute Gasteiger partial charge is 0.0537 e. The predicted octanol–water partition coefficient (Wildman–Crippen LogP) is 4.92. The van der Waals surface area contributed by atoms with Gasteiger partial charge in [-0.2, -0.15) is 0 Å². The van der Waals surface area contributed by atoms with Crippen LogP contribution < -0.4 is 0 Å². The molecule has 0 amide bonds. The van der Waals surface area contributed by atoms with Crippen molar-refractivity contribution in [3.05, 3.63) is 55.1 Å². The molecule has 90 valence electrons. The minimum Gasteiger partial charge on any atom is -0.313 e. The van der Waals surface area contributed by atoms with Crippen molar-refractivity contribution in [1.82, 2.24) is 4.57 Å². The first kappa shape index (κ1) is 11.1. The van der Waals surface area contributed by atoms with E-state index in [1.807, 2.05) is 0 Å². The van der Waals surface area contributed by atoms with Crippen LogP contribution in [0, 0.1) is 5.92 Å². The number of allylic oxidation sites excluding steroid dienone is 1. The van der Waals surface area contributed by atoms with Gasteiger partial charge in [-0.25, -0.2) is 0 Å². The molecule has 0 aliphatic carbocycles. The molecule has 1 aromatic heterocycles. The second kappa shape index (κ2) is 4.02. The Bertz CT molecular complexity index is 678. The zero-order valence-corrected chi connectivity index (χ0v) is 10.9. The van der Waals surface area contributed by atoms with Crippen molar-refractivity contribution in [3.63, 3.8) is 0 Å². The van der Waals surface area contributed by atoms with Crippen molar-refractivity contribution in [2.24, 2.45) is 5.92 Å². The van der Waals surface area contributed by atoms with Crippen LogP contribution in [0.2, 0.25) is 0 Å². The highest BCUT2D eigenvalue weighted by Crippen LogP contribution is 2.32. The summed E-state index contributed by atoms with van der Waals surface area (Å²) in [6.45, 7) is 8.63. The van der Waals surface area contributed by atoms with Crippen LogP contribution in [0.4, 0.5) is 0 Å². The number of nitrogens with zero attached hydrogens (tertiary/aromatic N) is 1. The maximum Gasteiger partial charge on any atom is 0.0537 e. The Labute approximate surface area is 107 Å². The highest BCUT2D eigenvalue weighted by Gasteiger charge is 2.13. The van der Waals surface area contributed by atoms with E-state index in [0.717, 1.165) is 5.70 Å². The standard InChI is InChI=1S/C17H17N/c1-12(2)13(3)18-16-10-6-4-8-14(16)15-9-5-7-11-17(15)18/h4-12H,3H2,1-2H3. The van der Waals surface area contributed by atoms with Crippen molar-refractivity contribution >= 4 is 27.5 Å². The SMILES string of the molecule is C=C(C(C)C)n1c2ccccc2c2ccccc21. The molecule has 1 heteroatoms. The van der Waals surface area contributed by atoms with E-state index in [1.54, 1.807) is 0 Å². The van der Waals surface area contributed by atoms with Gasteiger partial charge in [-0.3, -0.25) is 0 Å². The van der Waals surface area contributed by atoms with Gasteiger partial charge in [-0.15, -0.1) is 0 Å². The van der Waals surface area contributed by atoms with Gasteiger partial charge in [0, 0.05) is 16.5 Å². The van der Waals surface area contributed by atoms with Gasteiger partial charge in [-0.05, 0) is 18.1 Å². The minimum absolute atomic E-state index is 0.434. The molecular weight excluding hydrogens is 218 g/mol. The van der Waals surface area contributed by atoms with E-state index in [1.165, 1.54) is 21.8 Å². The Kier molecular flexibility index (Phi) is 2.48. The molecule has 0 N–H and O–H groups in total. The van der Waals surface area contributed by atoms with Crippen molar-refractivity contribution in [2.45, 2.75) is 13.8 Å². The predicted molar refractivity (Wildman–Crippen MR) is 79.6 cm³/mol. The average Bonchev–Trinajstić information content (AvgIpc) is 2.72. The van der Waals surface area contributed by atoms with Crippen LogP contribution in [0.3, 0.4) is 0 Å². The first-order valence-electron chi connectivity index (χ1n) is 6.37. The molecule has 0 atom stereocenters. The number of hydrogen-bond acceptors (Lipinski definition) is 0. The molecule has 3 aromatic rings. The molecular formula is C17H17N. The molecule has 0 fully saturated rings. The molecule has 0 unspecified atom stereocenters. The van der Waals surface area contributed by atoms with E-state index in [-0.39, 0.29) is 0 Å². The van der Waals surface area contributed by atoms with Crippen LogP contribution in [0.15, 0.2) is 55.1 Å². The Hall–Kier alpha value is -2.02. The summed E-state index contributed by atoms with van der Waals surface area (Å²) in [6, 6.07) is 17.1. The fourth-order valence-electron chi connectivity index (χ4n) is 2.49. The molecule has 0 saturated carbocycles. The van der Waals surface area contributed by atoms with E-state index >= 15 is 0 Å². The first-order chi connectivity index (χ1) is 8.70. The normalized spacial score (nSPS) is 11.5. The van der Waals surface area contributed by atoms with Crippen LogP contribution in [0.1, 0.15) is 13.8 Å². The monoisotopic (exact) mass is 235 g/mol. The van der Waals surface area contributed by atoms with Crippen molar-refractivity contribution in [3.8, 4) is 0 Å². The van der Waals surface area contributed by atoms with Crippen LogP contribution in [0.5, 0.6) is 0 Å². The quantitative estimate of drug-likeness (QED) is 0.594. The van der Waals surface area contributed by atoms with E-state index in [2.05, 4.69) is 73.5 Å². The average molecular weight is 235 g/mol. The number of aromatic nitrogens is 1. The largest absolute Gasteiger partial charge is 0.313 e. The number of rotatable bonds is 2. The second-order valence-corrected chi connectivity index (χ2v) is 5.02. The summed E-state index contributed by atoms with van der Waals surface area (Å²) >= 11 is 0. The molecule has 0 saturated heterocycles. The third-order valence-corrected chi connectivity index (χ3v) is 3.53. The van der Waals surface area contributed by atoms with Crippen LogP contribution in [0.25, 0.3) is 27.5 Å². The summed E-state index contributed by atoms with van der Waals surface area (Å²) in [5, 5.41) is 2.60. The maximum absolute atomic E-state index is 4.26. The Balaban J connectivity index is 2.49. The molecule has 0 aliphatic heterocycles.